The predicted octanol–water partition coefficient (Wildman–Crippen LogP) is 6.39. The van der Waals surface area contributed by atoms with Crippen molar-refractivity contribution in [3.05, 3.63) is 71.5 Å². The number of anilines is 4. The Kier molecular flexibility index (Phi) is 11.5. The summed E-state index contributed by atoms with van der Waals surface area (Å²) in [7, 11) is 0. The van der Waals surface area contributed by atoms with E-state index in [-0.39, 0.29) is 35.7 Å². The number of amides is 4. The number of nitrogens with one attached hydrogen (secondary N) is 3. The minimum absolute atomic E-state index is 0.0674. The molecule has 4 amide bonds. The molecule has 3 N–H and O–H groups in total. The van der Waals surface area contributed by atoms with E-state index in [0.717, 1.165) is 67.8 Å². The number of rotatable bonds is 12. The Morgan fingerprint density at radius 3 is 2.47 bits per heavy atom. The van der Waals surface area contributed by atoms with Gasteiger partial charge in [-0.25, -0.2) is 4.98 Å². The minimum atomic E-state index is -4.82. The number of ether oxygens (including phenoxy) is 1. The maximum absolute atomic E-state index is 14.0. The van der Waals surface area contributed by atoms with Crippen LogP contribution in [0.4, 0.5) is 35.9 Å². The molecule has 1 saturated carbocycles. The fourth-order valence-electron chi connectivity index (χ4n) is 9.69. The third kappa shape index (κ3) is 7.99. The van der Waals surface area contributed by atoms with Crippen LogP contribution < -0.4 is 30.5 Å². The number of aryl methyl sites for hydroxylation is 1. The van der Waals surface area contributed by atoms with Gasteiger partial charge in [0, 0.05) is 35.6 Å². The highest BCUT2D eigenvalue weighted by Crippen LogP contribution is 2.51. The first kappa shape index (κ1) is 41.4. The Morgan fingerprint density at radius 1 is 1.05 bits per heavy atom. The number of carbonyl (C=O) groups excluding carboxylic acids is 4. The maximum Gasteiger partial charge on any atom is 0.419 e. The lowest BCUT2D eigenvalue weighted by Crippen LogP contribution is -2.55. The molecule has 0 radical (unpaired) electrons. The number of hydrogen-bond donors (Lipinski definition) is 4. The van der Waals surface area contributed by atoms with Crippen LogP contribution >= 0.6 is 12.6 Å². The Hall–Kier alpha value is -5.34. The number of benzene rings is 2. The van der Waals surface area contributed by atoms with Crippen LogP contribution in [0.3, 0.4) is 0 Å². The molecule has 8 rings (SSSR count). The normalized spacial score (nSPS) is 24.9. The molecule has 5 fully saturated rings. The topological polar surface area (TPSA) is 160 Å². The van der Waals surface area contributed by atoms with E-state index in [1.807, 2.05) is 48.2 Å². The number of nitrogens with zero attached hydrogens (tertiary/aromatic N) is 5. The van der Waals surface area contributed by atoms with Gasteiger partial charge in [0.25, 0.3) is 5.91 Å². The summed E-state index contributed by atoms with van der Waals surface area (Å²) < 4.78 is 47.9. The number of fused-ring (bicyclic) bond motifs is 2. The summed E-state index contributed by atoms with van der Waals surface area (Å²) in [5.41, 5.74) is -0.915. The summed E-state index contributed by atoms with van der Waals surface area (Å²) in [6.07, 6.45) is 4.36. The van der Waals surface area contributed by atoms with Gasteiger partial charge in [-0.3, -0.25) is 34.3 Å². The first-order valence-corrected chi connectivity index (χ1v) is 21.1. The summed E-state index contributed by atoms with van der Waals surface area (Å²) in [5.74, 6) is 0.108. The average molecular weight is 845 g/mol. The zero-order valence-corrected chi connectivity index (χ0v) is 34.0. The van der Waals surface area contributed by atoms with Crippen molar-refractivity contribution in [1.82, 2.24) is 15.2 Å². The molecular formula is C43H47F3N8O5S. The molecule has 1 aromatic heterocycles. The fourth-order valence-corrected chi connectivity index (χ4v) is 10.3. The monoisotopic (exact) mass is 844 g/mol. The Labute approximate surface area is 351 Å². The van der Waals surface area contributed by atoms with E-state index in [1.165, 1.54) is 11.0 Å². The standard InChI is InChI=1S/C43H47F3N8O5S/c1-2-26-19-31(54-41(60)53(40(58)42(54)14-4-15-42)32-21-33(43(44,45)46)35(22-47)48-23-32)9-11-36(26)59-16-13-25-17-29-7-8-30(18-25)52(29)24-38(56)50-28-6-3-5-27(20-28)49-34-10-12-37(55)51-39(34)57/h3,5-6,9,11,19-21,23,25,29-30,34,41,49,60H,2,4,7-8,10,12-18,24H2,1H3,(H,50,56)(H,51,55,57). The molecule has 4 aliphatic heterocycles. The number of nitriles is 1. The molecule has 4 saturated heterocycles. The van der Waals surface area contributed by atoms with E-state index in [2.05, 4.69) is 25.8 Å². The van der Waals surface area contributed by atoms with Crippen LogP contribution in [0.5, 0.6) is 5.75 Å². The second kappa shape index (κ2) is 16.6. The molecule has 4 unspecified atom stereocenters. The summed E-state index contributed by atoms with van der Waals surface area (Å²) in [5, 5.41) is 17.8. The molecule has 2 bridgehead atoms. The molecule has 316 valence electrons. The SMILES string of the molecule is CCc1cc(N2C(S)N(c3cnc(C#N)c(C(F)(F)F)c3)C(=O)C23CCC3)ccc1OCCC1CC2CCC(C1)N2CC(=O)Nc1cccc(NC2CCC(=O)NC2=O)c1. The maximum atomic E-state index is 14.0. The number of carbonyl (C=O) groups is 4. The van der Waals surface area contributed by atoms with Gasteiger partial charge in [-0.15, -0.1) is 12.6 Å². The Morgan fingerprint density at radius 2 is 1.80 bits per heavy atom. The van der Waals surface area contributed by atoms with Gasteiger partial charge in [0.15, 0.2) is 11.2 Å². The van der Waals surface area contributed by atoms with Gasteiger partial charge < -0.3 is 20.3 Å². The van der Waals surface area contributed by atoms with Gasteiger partial charge in [0.2, 0.25) is 17.7 Å². The van der Waals surface area contributed by atoms with E-state index >= 15 is 0 Å². The zero-order chi connectivity index (χ0) is 42.3. The van der Waals surface area contributed by atoms with Crippen molar-refractivity contribution in [3.8, 4) is 11.8 Å². The number of aromatic nitrogens is 1. The molecule has 1 spiro atoms. The molecule has 13 nitrogen and oxygen atoms in total. The quantitative estimate of drug-likeness (QED) is 0.119. The van der Waals surface area contributed by atoms with E-state index in [9.17, 15) is 37.6 Å². The van der Waals surface area contributed by atoms with Crippen LogP contribution in [-0.4, -0.2) is 75.8 Å². The summed E-state index contributed by atoms with van der Waals surface area (Å²) in [4.78, 5) is 60.1. The number of pyridine rings is 1. The predicted molar refractivity (Wildman–Crippen MR) is 220 cm³/mol. The van der Waals surface area contributed by atoms with Crippen molar-refractivity contribution in [3.63, 3.8) is 0 Å². The lowest BCUT2D eigenvalue weighted by Gasteiger charge is -2.44. The number of piperidine rings is 2. The van der Waals surface area contributed by atoms with Gasteiger partial charge in [-0.2, -0.15) is 18.4 Å². The number of halogens is 3. The highest BCUT2D eigenvalue weighted by molar-refractivity contribution is 7.81. The number of imide groups is 1. The van der Waals surface area contributed by atoms with Crippen molar-refractivity contribution < 1.29 is 37.1 Å². The van der Waals surface area contributed by atoms with Gasteiger partial charge in [0.1, 0.15) is 23.4 Å². The molecule has 60 heavy (non-hydrogen) atoms. The first-order chi connectivity index (χ1) is 28.8. The largest absolute Gasteiger partial charge is 0.493 e. The summed E-state index contributed by atoms with van der Waals surface area (Å²) >= 11 is 4.80. The number of thiol groups is 1. The van der Waals surface area contributed by atoms with Gasteiger partial charge in [-0.1, -0.05) is 13.0 Å². The van der Waals surface area contributed by atoms with Crippen molar-refractivity contribution >= 4 is 59.0 Å². The van der Waals surface area contributed by atoms with Crippen LogP contribution in [0, 0.1) is 17.2 Å². The van der Waals surface area contributed by atoms with E-state index < -0.39 is 34.5 Å². The fraction of sp³-hybridized carbons (Fsp3) is 0.488. The van der Waals surface area contributed by atoms with Crippen LogP contribution in [0.2, 0.25) is 0 Å². The molecule has 2 aromatic carbocycles. The zero-order valence-electron chi connectivity index (χ0n) is 33.1. The van der Waals surface area contributed by atoms with Crippen molar-refractivity contribution in [1.29, 1.82) is 5.26 Å². The summed E-state index contributed by atoms with van der Waals surface area (Å²) in [6.45, 7) is 2.83. The highest BCUT2D eigenvalue weighted by Gasteiger charge is 2.60. The van der Waals surface area contributed by atoms with E-state index in [0.29, 0.717) is 68.2 Å². The lowest BCUT2D eigenvalue weighted by atomic mass is 9.75. The smallest absolute Gasteiger partial charge is 0.419 e. The van der Waals surface area contributed by atoms with Crippen LogP contribution in [0.15, 0.2) is 54.7 Å². The molecular weight excluding hydrogens is 798 g/mol. The molecule has 4 atom stereocenters. The van der Waals surface area contributed by atoms with E-state index in [1.54, 1.807) is 6.07 Å². The van der Waals surface area contributed by atoms with Gasteiger partial charge >= 0.3 is 6.18 Å². The Bertz CT molecular complexity index is 2220. The molecule has 17 heteroatoms. The second-order valence-corrected chi connectivity index (χ2v) is 16.9. The minimum Gasteiger partial charge on any atom is -0.493 e. The summed E-state index contributed by atoms with van der Waals surface area (Å²) in [6, 6.07) is 15.4. The van der Waals surface area contributed by atoms with Crippen molar-refractivity contribution in [2.45, 2.75) is 113 Å². The third-order valence-electron chi connectivity index (χ3n) is 12.8. The van der Waals surface area contributed by atoms with Crippen molar-refractivity contribution in [2.75, 3.05) is 33.6 Å². The highest BCUT2D eigenvalue weighted by atomic mass is 32.1. The van der Waals surface area contributed by atoms with Crippen molar-refractivity contribution in [2.24, 2.45) is 5.92 Å². The second-order valence-electron chi connectivity index (χ2n) is 16.4. The first-order valence-electron chi connectivity index (χ1n) is 20.6. The average Bonchev–Trinajstić information content (AvgIpc) is 3.57. The molecule has 5 heterocycles. The molecule has 1 aliphatic carbocycles. The van der Waals surface area contributed by atoms with Crippen LogP contribution in [-0.2, 0) is 31.8 Å². The van der Waals surface area contributed by atoms with Crippen LogP contribution in [0.1, 0.15) is 88.0 Å². The molecule has 3 aromatic rings. The lowest BCUT2D eigenvalue weighted by molar-refractivity contribution is -0.138. The van der Waals surface area contributed by atoms with Gasteiger partial charge in [-0.05, 0) is 118 Å². The van der Waals surface area contributed by atoms with Crippen LogP contribution in [0.25, 0.3) is 0 Å². The Balaban J connectivity index is 0.862. The van der Waals surface area contributed by atoms with E-state index in [4.69, 9.17) is 17.4 Å². The third-order valence-corrected chi connectivity index (χ3v) is 13.3. The number of hydrogen-bond acceptors (Lipinski definition) is 11. The van der Waals surface area contributed by atoms with Gasteiger partial charge in [0.05, 0.1) is 30.6 Å². The number of alkyl halides is 3. The molecule has 5 aliphatic rings.